The molecule has 2 heterocycles. The van der Waals surface area contributed by atoms with E-state index in [4.69, 9.17) is 5.73 Å². The Bertz CT molecular complexity index is 1830. The molecule has 2 amide bonds. The monoisotopic (exact) mass is 701 g/mol. The van der Waals surface area contributed by atoms with E-state index in [-0.39, 0.29) is 54.9 Å². The van der Waals surface area contributed by atoms with Gasteiger partial charge in [0, 0.05) is 36.6 Å². The van der Waals surface area contributed by atoms with Crippen molar-refractivity contribution in [1.82, 2.24) is 24.2 Å². The van der Waals surface area contributed by atoms with E-state index >= 15 is 0 Å². The second-order valence-electron chi connectivity index (χ2n) is 10.6. The number of sulfonamides is 2. The van der Waals surface area contributed by atoms with E-state index in [0.29, 0.717) is 5.56 Å². The van der Waals surface area contributed by atoms with E-state index in [0.717, 1.165) is 26.6 Å². The molecule has 0 saturated carbocycles. The summed E-state index contributed by atoms with van der Waals surface area (Å²) in [6.07, 6.45) is 3.28. The van der Waals surface area contributed by atoms with E-state index in [1.165, 1.54) is 29.3 Å². The van der Waals surface area contributed by atoms with Crippen molar-refractivity contribution in [1.29, 1.82) is 0 Å². The number of aromatic nitrogens is 1. The Hall–Kier alpha value is -4.45. The Morgan fingerprint density at radius 2 is 1.81 bits per heavy atom. The van der Waals surface area contributed by atoms with Crippen molar-refractivity contribution in [3.05, 3.63) is 87.7 Å². The first-order valence-electron chi connectivity index (χ1n) is 14.5. The summed E-state index contributed by atoms with van der Waals surface area (Å²) >= 11 is 1.11. The molecule has 2 aromatic carbocycles. The first-order chi connectivity index (χ1) is 22.3. The van der Waals surface area contributed by atoms with Gasteiger partial charge in [0.15, 0.2) is 5.01 Å². The average molecular weight is 702 g/mol. The number of rotatable bonds is 14. The molecule has 0 unspecified atom stereocenters. The van der Waals surface area contributed by atoms with Gasteiger partial charge in [-0.15, -0.1) is 11.3 Å². The zero-order valence-electron chi connectivity index (χ0n) is 25.5. The van der Waals surface area contributed by atoms with Crippen molar-refractivity contribution in [3.63, 3.8) is 0 Å². The second-order valence-corrected chi connectivity index (χ2v) is 15.0. The minimum atomic E-state index is -3.93. The molecule has 0 bridgehead atoms. The molecule has 4 rings (SSSR count). The smallest absolute Gasteiger partial charge is 0.264 e. The zero-order valence-corrected chi connectivity index (χ0v) is 27.9. The number of ketones is 1. The van der Waals surface area contributed by atoms with E-state index in [2.05, 4.69) is 20.0 Å². The largest absolute Gasteiger partial charge is 0.369 e. The van der Waals surface area contributed by atoms with Gasteiger partial charge < -0.3 is 16.0 Å². The standard InChI is InChI=1S/C30H35N7O7S3/c1-22-9-11-24(12-10-22)47(43,44)35-30(31)33-14-5-8-25(28(40)29-32-15-18-45-29)34-26(38)20-36-16-17-37(21-27(36)39)46(41,42)19-13-23-6-3-2-4-7-23/h2-4,6-7,9-13,15,18-19,25H,5,8,14,16-17,20-21H2,1H3,(H,34,38)(H3,31,33,35)/b19-13+/t25-/m0/s1. The number of aliphatic imine (C=N–C) groups is 1. The van der Waals surface area contributed by atoms with Gasteiger partial charge in [0.25, 0.3) is 10.0 Å². The number of amides is 2. The first kappa shape index (κ1) is 35.4. The fraction of sp³-hybridized carbons (Fsp3) is 0.300. The molecule has 0 aliphatic carbocycles. The minimum absolute atomic E-state index is 0.00491. The molecule has 1 fully saturated rings. The molecule has 250 valence electrons. The Kier molecular flexibility index (Phi) is 12.0. The van der Waals surface area contributed by atoms with E-state index in [9.17, 15) is 31.2 Å². The number of thiazole rings is 1. The molecule has 3 aromatic rings. The molecule has 0 radical (unpaired) electrons. The number of hydrogen-bond donors (Lipinski definition) is 3. The Morgan fingerprint density at radius 3 is 2.47 bits per heavy atom. The van der Waals surface area contributed by atoms with Crippen molar-refractivity contribution >= 4 is 61.0 Å². The molecular formula is C30H35N7O7S3. The van der Waals surface area contributed by atoms with Gasteiger partial charge in [-0.1, -0.05) is 48.0 Å². The molecule has 1 aliphatic heterocycles. The van der Waals surface area contributed by atoms with Crippen LogP contribution in [0.3, 0.4) is 0 Å². The number of nitrogens with two attached hydrogens (primary N) is 1. The van der Waals surface area contributed by atoms with Crippen LogP contribution in [0.5, 0.6) is 0 Å². The van der Waals surface area contributed by atoms with Crippen molar-refractivity contribution in [3.8, 4) is 0 Å². The van der Waals surface area contributed by atoms with Crippen molar-refractivity contribution in [2.75, 3.05) is 32.7 Å². The number of guanidine groups is 1. The minimum Gasteiger partial charge on any atom is -0.369 e. The van der Waals surface area contributed by atoms with Gasteiger partial charge in [0.2, 0.25) is 33.6 Å². The van der Waals surface area contributed by atoms with Gasteiger partial charge in [0.05, 0.1) is 24.0 Å². The Balaban J connectivity index is 1.31. The number of aryl methyl sites for hydroxylation is 1. The maximum absolute atomic E-state index is 13.1. The molecule has 47 heavy (non-hydrogen) atoms. The Labute approximate surface area is 277 Å². The van der Waals surface area contributed by atoms with Crippen LogP contribution in [0.1, 0.15) is 33.8 Å². The van der Waals surface area contributed by atoms with Crippen LogP contribution in [0.25, 0.3) is 6.08 Å². The number of hydrogen-bond acceptors (Lipinski definition) is 10. The predicted octanol–water partition coefficient (Wildman–Crippen LogP) is 1.34. The summed E-state index contributed by atoms with van der Waals surface area (Å²) in [5.41, 5.74) is 7.38. The molecule has 1 aromatic heterocycles. The average Bonchev–Trinajstić information content (AvgIpc) is 3.58. The molecule has 4 N–H and O–H groups in total. The van der Waals surface area contributed by atoms with Gasteiger partial charge in [0.1, 0.15) is 0 Å². The van der Waals surface area contributed by atoms with Crippen LogP contribution in [-0.4, -0.2) is 93.3 Å². The van der Waals surface area contributed by atoms with Crippen molar-refractivity contribution in [2.45, 2.75) is 30.7 Å². The fourth-order valence-electron chi connectivity index (χ4n) is 4.50. The van der Waals surface area contributed by atoms with Gasteiger partial charge in [-0.05, 0) is 43.5 Å². The molecule has 14 nitrogen and oxygen atoms in total. The SMILES string of the molecule is Cc1ccc(S(=O)(=O)NC(N)=NCCC[C@H](NC(=O)CN2CCN(S(=O)(=O)/C=C/c3ccccc3)CC2=O)C(=O)c2nccs2)cc1. The summed E-state index contributed by atoms with van der Waals surface area (Å²) < 4.78 is 53.9. The summed E-state index contributed by atoms with van der Waals surface area (Å²) in [5, 5.41) is 5.51. The van der Waals surface area contributed by atoms with Gasteiger partial charge in [-0.2, -0.15) is 4.31 Å². The number of nitrogens with zero attached hydrogens (tertiary/aromatic N) is 4. The van der Waals surface area contributed by atoms with Crippen LogP contribution >= 0.6 is 11.3 Å². The predicted molar refractivity (Wildman–Crippen MR) is 178 cm³/mol. The van der Waals surface area contributed by atoms with Gasteiger partial charge in [-0.3, -0.25) is 19.4 Å². The van der Waals surface area contributed by atoms with E-state index in [1.807, 2.05) is 13.0 Å². The van der Waals surface area contributed by atoms with Crippen LogP contribution in [0.4, 0.5) is 0 Å². The fourth-order valence-corrected chi connectivity index (χ4v) is 7.21. The van der Waals surface area contributed by atoms with Gasteiger partial charge in [-0.25, -0.2) is 26.5 Å². The van der Waals surface area contributed by atoms with Crippen LogP contribution in [0, 0.1) is 6.92 Å². The van der Waals surface area contributed by atoms with Crippen LogP contribution in [-0.2, 0) is 29.6 Å². The number of nitrogens with one attached hydrogen (secondary N) is 2. The normalized spacial score (nSPS) is 15.5. The number of carbonyl (C=O) groups excluding carboxylic acids is 3. The summed E-state index contributed by atoms with van der Waals surface area (Å²) in [6.45, 7) is 1.06. The molecule has 17 heteroatoms. The first-order valence-corrected chi connectivity index (χ1v) is 18.3. The molecule has 0 spiro atoms. The molecular weight excluding hydrogens is 667 g/mol. The third kappa shape index (κ3) is 10.3. The van der Waals surface area contributed by atoms with Crippen LogP contribution < -0.4 is 15.8 Å². The Morgan fingerprint density at radius 1 is 1.09 bits per heavy atom. The topological polar surface area (TPSA) is 201 Å². The quantitative estimate of drug-likeness (QED) is 0.0960. The number of carbonyl (C=O) groups is 3. The number of Topliss-reactive ketones (excluding diaryl/α,β-unsaturated/α-hetero) is 1. The summed E-state index contributed by atoms with van der Waals surface area (Å²) in [6, 6.07) is 14.1. The van der Waals surface area contributed by atoms with Crippen molar-refractivity contribution in [2.24, 2.45) is 10.7 Å². The highest BCUT2D eigenvalue weighted by molar-refractivity contribution is 7.92. The van der Waals surface area contributed by atoms with Crippen LogP contribution in [0.2, 0.25) is 0 Å². The van der Waals surface area contributed by atoms with Crippen LogP contribution in [0.15, 0.2) is 81.5 Å². The van der Waals surface area contributed by atoms with E-state index < -0.39 is 50.2 Å². The zero-order chi connectivity index (χ0) is 34.0. The highest BCUT2D eigenvalue weighted by Gasteiger charge is 2.32. The lowest BCUT2D eigenvalue weighted by atomic mass is 10.1. The van der Waals surface area contributed by atoms with Crippen molar-refractivity contribution < 1.29 is 31.2 Å². The number of piperazine rings is 1. The molecule has 1 aliphatic rings. The number of benzene rings is 2. The maximum atomic E-state index is 13.1. The third-order valence-electron chi connectivity index (χ3n) is 7.01. The summed E-state index contributed by atoms with van der Waals surface area (Å²) in [7, 11) is -7.80. The highest BCUT2D eigenvalue weighted by atomic mass is 32.2. The maximum Gasteiger partial charge on any atom is 0.264 e. The van der Waals surface area contributed by atoms with E-state index in [1.54, 1.807) is 41.8 Å². The molecule has 1 atom stereocenters. The molecule has 1 saturated heterocycles. The second kappa shape index (κ2) is 15.9. The lowest BCUT2D eigenvalue weighted by Crippen LogP contribution is -2.55. The summed E-state index contributed by atoms with van der Waals surface area (Å²) in [5.74, 6) is -1.92. The lowest BCUT2D eigenvalue weighted by Gasteiger charge is -2.32. The third-order valence-corrected chi connectivity index (χ3v) is 10.7. The lowest BCUT2D eigenvalue weighted by molar-refractivity contribution is -0.138. The highest BCUT2D eigenvalue weighted by Crippen LogP contribution is 2.14. The van der Waals surface area contributed by atoms with Gasteiger partial charge >= 0.3 is 0 Å². The summed E-state index contributed by atoms with van der Waals surface area (Å²) in [4.78, 5) is 48.3.